The molecule has 1 rings (SSSR count). The summed E-state index contributed by atoms with van der Waals surface area (Å²) in [7, 11) is 0. The molecule has 0 spiro atoms. The van der Waals surface area contributed by atoms with Crippen LogP contribution >= 0.6 is 0 Å². The highest BCUT2D eigenvalue weighted by Gasteiger charge is 2.36. The number of rotatable bonds is 10. The molecule has 25 heavy (non-hydrogen) atoms. The summed E-state index contributed by atoms with van der Waals surface area (Å²) in [6, 6.07) is -2.06. The number of nitrogens with zero attached hydrogens (tertiary/aromatic N) is 1. The van der Waals surface area contributed by atoms with Crippen molar-refractivity contribution in [2.45, 2.75) is 57.5 Å². The number of carbonyl (C=O) groups excluding carboxylic acids is 2. The van der Waals surface area contributed by atoms with Crippen molar-refractivity contribution in [3.05, 3.63) is 0 Å². The fourth-order valence-corrected chi connectivity index (χ4v) is 3.02. The fraction of sp³-hybridized carbons (Fsp3) is 0.750. The van der Waals surface area contributed by atoms with Crippen molar-refractivity contribution in [3.8, 4) is 0 Å². The lowest BCUT2D eigenvalue weighted by molar-refractivity contribution is -0.146. The van der Waals surface area contributed by atoms with Gasteiger partial charge in [-0.05, 0) is 25.7 Å². The van der Waals surface area contributed by atoms with Crippen LogP contribution in [0.1, 0.15) is 45.4 Å². The molecule has 0 aromatic heterocycles. The van der Waals surface area contributed by atoms with E-state index in [4.69, 9.17) is 5.73 Å². The second-order valence-corrected chi connectivity index (χ2v) is 6.26. The number of carboxylic acids is 2. The van der Waals surface area contributed by atoms with Gasteiger partial charge in [0.2, 0.25) is 11.8 Å². The van der Waals surface area contributed by atoms with Crippen LogP contribution in [0.2, 0.25) is 0 Å². The summed E-state index contributed by atoms with van der Waals surface area (Å²) in [5, 5.41) is 21.0. The highest BCUT2D eigenvalue weighted by molar-refractivity contribution is 5.91. The van der Waals surface area contributed by atoms with Gasteiger partial charge in [0.15, 0.2) is 0 Å². The molecular weight excluding hydrogens is 330 g/mol. The zero-order valence-corrected chi connectivity index (χ0v) is 14.4. The number of hydrogen-bond acceptors (Lipinski definition) is 5. The summed E-state index contributed by atoms with van der Waals surface area (Å²) >= 11 is 0. The van der Waals surface area contributed by atoms with E-state index < -0.39 is 35.8 Å². The van der Waals surface area contributed by atoms with Crippen molar-refractivity contribution >= 4 is 23.8 Å². The predicted octanol–water partition coefficient (Wildman–Crippen LogP) is -0.213. The van der Waals surface area contributed by atoms with E-state index in [0.717, 1.165) is 6.42 Å². The highest BCUT2D eigenvalue weighted by atomic mass is 16.4. The molecule has 0 aliphatic carbocycles. The summed E-state index contributed by atoms with van der Waals surface area (Å²) in [4.78, 5) is 48.3. The van der Waals surface area contributed by atoms with E-state index in [1.807, 2.05) is 6.92 Å². The molecule has 142 valence electrons. The molecule has 1 fully saturated rings. The number of likely N-dealkylation sites (tertiary alicyclic amines) is 1. The lowest BCUT2D eigenvalue weighted by atomic mass is 9.94. The van der Waals surface area contributed by atoms with Gasteiger partial charge in [-0.15, -0.1) is 0 Å². The van der Waals surface area contributed by atoms with Gasteiger partial charge in [0, 0.05) is 6.54 Å². The lowest BCUT2D eigenvalue weighted by Gasteiger charge is -2.26. The molecule has 2 amide bonds. The molecule has 0 bridgehead atoms. The van der Waals surface area contributed by atoms with E-state index in [1.54, 1.807) is 0 Å². The fourth-order valence-electron chi connectivity index (χ4n) is 3.02. The van der Waals surface area contributed by atoms with Crippen LogP contribution in [-0.2, 0) is 19.2 Å². The molecule has 0 radical (unpaired) electrons. The third-order valence-corrected chi connectivity index (χ3v) is 4.44. The summed E-state index contributed by atoms with van der Waals surface area (Å²) in [5.74, 6) is -4.14. The van der Waals surface area contributed by atoms with Crippen LogP contribution < -0.4 is 11.1 Å². The molecule has 1 saturated heterocycles. The molecule has 0 aromatic carbocycles. The summed E-state index contributed by atoms with van der Waals surface area (Å²) < 4.78 is 0. The third-order valence-electron chi connectivity index (χ3n) is 4.44. The lowest BCUT2D eigenvalue weighted by Crippen LogP contribution is -2.52. The molecule has 0 aromatic rings. The number of nitrogens with two attached hydrogens (primary N) is 1. The van der Waals surface area contributed by atoms with Gasteiger partial charge >= 0.3 is 11.9 Å². The molecule has 9 heteroatoms. The Kier molecular flexibility index (Phi) is 8.33. The van der Waals surface area contributed by atoms with Gasteiger partial charge in [-0.1, -0.05) is 19.8 Å². The first-order valence-electron chi connectivity index (χ1n) is 8.57. The summed E-state index contributed by atoms with van der Waals surface area (Å²) in [5.41, 5.74) is 5.33. The van der Waals surface area contributed by atoms with Gasteiger partial charge in [-0.3, -0.25) is 14.4 Å². The van der Waals surface area contributed by atoms with Crippen molar-refractivity contribution in [1.29, 1.82) is 0 Å². The number of aliphatic carboxylic acids is 2. The topological polar surface area (TPSA) is 150 Å². The number of unbranched alkanes of at least 4 members (excludes halogenated alkanes) is 1. The zero-order valence-electron chi connectivity index (χ0n) is 14.4. The van der Waals surface area contributed by atoms with Gasteiger partial charge in [0.05, 0.1) is 12.5 Å². The molecule has 1 aliphatic rings. The smallest absolute Gasteiger partial charge is 0.326 e. The van der Waals surface area contributed by atoms with Crippen LogP contribution in [0.15, 0.2) is 0 Å². The van der Waals surface area contributed by atoms with Gasteiger partial charge in [-0.2, -0.15) is 0 Å². The average Bonchev–Trinajstić information content (AvgIpc) is 3.05. The van der Waals surface area contributed by atoms with Crippen molar-refractivity contribution in [3.63, 3.8) is 0 Å². The minimum absolute atomic E-state index is 0.187. The number of amides is 2. The Morgan fingerprint density at radius 2 is 1.92 bits per heavy atom. The first kappa shape index (κ1) is 20.9. The third kappa shape index (κ3) is 6.00. The van der Waals surface area contributed by atoms with Gasteiger partial charge in [-0.25, -0.2) is 4.79 Å². The number of hydrogen-bond donors (Lipinski definition) is 4. The Bertz CT molecular complexity index is 510. The quantitative estimate of drug-likeness (QED) is 0.422. The van der Waals surface area contributed by atoms with Crippen molar-refractivity contribution < 1.29 is 29.4 Å². The largest absolute Gasteiger partial charge is 0.481 e. The minimum Gasteiger partial charge on any atom is -0.481 e. The maximum absolute atomic E-state index is 12.4. The monoisotopic (exact) mass is 357 g/mol. The molecule has 3 atom stereocenters. The van der Waals surface area contributed by atoms with Gasteiger partial charge in [0.25, 0.3) is 0 Å². The normalized spacial score (nSPS) is 19.3. The van der Waals surface area contributed by atoms with Crippen LogP contribution in [0.4, 0.5) is 0 Å². The van der Waals surface area contributed by atoms with Crippen LogP contribution in [-0.4, -0.2) is 64.0 Å². The Morgan fingerprint density at radius 1 is 1.24 bits per heavy atom. The number of carbonyl (C=O) groups is 4. The molecule has 1 heterocycles. The van der Waals surface area contributed by atoms with E-state index in [2.05, 4.69) is 5.32 Å². The minimum atomic E-state index is -1.30. The summed E-state index contributed by atoms with van der Waals surface area (Å²) in [6.45, 7) is 2.10. The second-order valence-electron chi connectivity index (χ2n) is 6.26. The van der Waals surface area contributed by atoms with E-state index in [-0.39, 0.29) is 18.9 Å². The first-order chi connectivity index (χ1) is 11.8. The SMILES string of the molecule is CCCC[C@H](C[C@H](NC(=O)[C@@H]1CCCN1C(=O)CN)C(=O)O)C(=O)O. The molecule has 0 saturated carbocycles. The van der Waals surface area contributed by atoms with Crippen molar-refractivity contribution in [1.82, 2.24) is 10.2 Å². The van der Waals surface area contributed by atoms with Gasteiger partial charge < -0.3 is 26.2 Å². The zero-order chi connectivity index (χ0) is 19.0. The second kappa shape index (κ2) is 9.97. The molecule has 1 aliphatic heterocycles. The van der Waals surface area contributed by atoms with E-state index in [1.165, 1.54) is 4.90 Å². The molecular formula is C16H27N3O6. The highest BCUT2D eigenvalue weighted by Crippen LogP contribution is 2.19. The number of nitrogens with one attached hydrogen (secondary N) is 1. The molecule has 5 N–H and O–H groups in total. The first-order valence-corrected chi connectivity index (χ1v) is 8.57. The van der Waals surface area contributed by atoms with E-state index >= 15 is 0 Å². The van der Waals surface area contributed by atoms with Crippen LogP contribution in [0.5, 0.6) is 0 Å². The maximum Gasteiger partial charge on any atom is 0.326 e. The standard InChI is InChI=1S/C16H27N3O6/c1-2-3-5-10(15(22)23)8-11(16(24)25)18-14(21)12-6-4-7-19(12)13(20)9-17/h10-12H,2-9,17H2,1H3,(H,18,21)(H,22,23)(H,24,25)/t10-,11+,12+/m1/s1. The van der Waals surface area contributed by atoms with Crippen LogP contribution in [0.25, 0.3) is 0 Å². The summed E-state index contributed by atoms with van der Waals surface area (Å²) in [6.07, 6.45) is 2.70. The van der Waals surface area contributed by atoms with E-state index in [9.17, 15) is 29.4 Å². The Hall–Kier alpha value is -2.16. The maximum atomic E-state index is 12.4. The average molecular weight is 357 g/mol. The Labute approximate surface area is 146 Å². The van der Waals surface area contributed by atoms with Gasteiger partial charge in [0.1, 0.15) is 12.1 Å². The molecule has 9 nitrogen and oxygen atoms in total. The van der Waals surface area contributed by atoms with Crippen LogP contribution in [0.3, 0.4) is 0 Å². The molecule has 0 unspecified atom stereocenters. The van der Waals surface area contributed by atoms with Crippen LogP contribution in [0, 0.1) is 5.92 Å². The van der Waals surface area contributed by atoms with Crippen molar-refractivity contribution in [2.75, 3.05) is 13.1 Å². The number of carboxylic acid groups (broad SMARTS) is 2. The Morgan fingerprint density at radius 3 is 2.44 bits per heavy atom. The predicted molar refractivity (Wildman–Crippen MR) is 88.6 cm³/mol. The van der Waals surface area contributed by atoms with Crippen molar-refractivity contribution in [2.24, 2.45) is 11.7 Å². The van der Waals surface area contributed by atoms with E-state index in [0.29, 0.717) is 32.2 Å². The Balaban J connectivity index is 2.76.